The molecule has 0 unspecified atom stereocenters. The maximum absolute atomic E-state index is 14.1. The average molecular weight is 486 g/mol. The van der Waals surface area contributed by atoms with Crippen molar-refractivity contribution >= 4 is 52.3 Å². The number of methoxy groups -OCH3 is 1. The van der Waals surface area contributed by atoms with E-state index in [-0.39, 0.29) is 17.9 Å². The van der Waals surface area contributed by atoms with E-state index in [4.69, 9.17) is 27.9 Å². The van der Waals surface area contributed by atoms with Gasteiger partial charge in [0.25, 0.3) is 0 Å². The summed E-state index contributed by atoms with van der Waals surface area (Å²) in [5, 5.41) is 3.92. The van der Waals surface area contributed by atoms with Crippen LogP contribution in [0.5, 0.6) is 5.75 Å². The molecule has 3 amide bonds. The van der Waals surface area contributed by atoms with Gasteiger partial charge in [0, 0.05) is 21.7 Å². The zero-order valence-corrected chi connectivity index (χ0v) is 19.5. The van der Waals surface area contributed by atoms with E-state index >= 15 is 0 Å². The smallest absolute Gasteiger partial charge is 0.250 e. The Morgan fingerprint density at radius 2 is 1.91 bits per heavy atom. The Balaban J connectivity index is 1.57. The fourth-order valence-corrected chi connectivity index (χ4v) is 6.79. The number of nitrogens with zero attached hydrogens (tertiary/aromatic N) is 2. The lowest BCUT2D eigenvalue weighted by molar-refractivity contribution is -0.135. The Morgan fingerprint density at radius 1 is 1.12 bits per heavy atom. The molecule has 3 fully saturated rings. The lowest BCUT2D eigenvalue weighted by Gasteiger charge is -2.36. The largest absolute Gasteiger partial charge is 0.495 e. The molecule has 2 aromatic carbocycles. The number of benzene rings is 2. The molecule has 0 aromatic heterocycles. The second-order valence-electron chi connectivity index (χ2n) is 9.05. The van der Waals surface area contributed by atoms with Crippen LogP contribution in [0.4, 0.5) is 11.4 Å². The number of carbonyl (C=O) groups is 3. The summed E-state index contributed by atoms with van der Waals surface area (Å²) >= 11 is 12.6. The second-order valence-corrected chi connectivity index (χ2v) is 9.89. The van der Waals surface area contributed by atoms with Gasteiger partial charge < -0.3 is 10.1 Å². The Bertz CT molecular complexity index is 1260. The summed E-state index contributed by atoms with van der Waals surface area (Å²) in [6, 6.07) is 8.21. The average Bonchev–Trinajstić information content (AvgIpc) is 3.49. The summed E-state index contributed by atoms with van der Waals surface area (Å²) in [6.45, 7) is 2.49. The van der Waals surface area contributed by atoms with Crippen molar-refractivity contribution in [2.75, 3.05) is 23.9 Å². The third-order valence-corrected chi connectivity index (χ3v) is 8.39. The Kier molecular flexibility index (Phi) is 4.41. The van der Waals surface area contributed by atoms with E-state index in [0.717, 1.165) is 24.0 Å². The molecule has 0 aliphatic carbocycles. The monoisotopic (exact) mass is 485 g/mol. The van der Waals surface area contributed by atoms with Gasteiger partial charge in [0.05, 0.1) is 30.3 Å². The maximum atomic E-state index is 14.1. The molecule has 4 aliphatic heterocycles. The molecule has 2 aromatic rings. The summed E-state index contributed by atoms with van der Waals surface area (Å²) in [5.74, 6) is -2.10. The zero-order chi connectivity index (χ0) is 23.2. The Hall–Kier alpha value is -2.61. The maximum Gasteiger partial charge on any atom is 0.250 e. The number of hydrogen-bond acceptors (Lipinski definition) is 5. The van der Waals surface area contributed by atoms with E-state index in [1.165, 1.54) is 12.0 Å². The number of ether oxygens (including phenoxy) is 1. The van der Waals surface area contributed by atoms with E-state index in [9.17, 15) is 14.4 Å². The van der Waals surface area contributed by atoms with Gasteiger partial charge in [-0.15, -0.1) is 0 Å². The molecule has 33 heavy (non-hydrogen) atoms. The Morgan fingerprint density at radius 3 is 2.67 bits per heavy atom. The molecular formula is C24H21Cl2N3O4. The molecule has 6 rings (SSSR count). The summed E-state index contributed by atoms with van der Waals surface area (Å²) in [4.78, 5) is 44.9. The molecule has 170 valence electrons. The van der Waals surface area contributed by atoms with Crippen LogP contribution in [0.15, 0.2) is 30.3 Å². The standard InChI is InChI=1S/C24H21Cl2N3O4/c1-11-14(26)7-6-13-20(11)27-23(32)24(13)19-18(15-4-3-9-28(15)24)21(30)29(22(19)31)16-10-12(25)5-8-17(16)33-2/h5-8,10,15,18-19H,3-4,9H2,1-2H3,(H,27,32)/t15-,18-,19+,24+/m1/s1. The Labute approximate surface area is 200 Å². The van der Waals surface area contributed by atoms with Crippen LogP contribution in [-0.4, -0.2) is 42.3 Å². The quantitative estimate of drug-likeness (QED) is 0.655. The highest BCUT2D eigenvalue weighted by molar-refractivity contribution is 6.33. The van der Waals surface area contributed by atoms with Crippen molar-refractivity contribution in [3.63, 3.8) is 0 Å². The van der Waals surface area contributed by atoms with Gasteiger partial charge in [-0.25, -0.2) is 4.90 Å². The van der Waals surface area contributed by atoms with Crippen molar-refractivity contribution in [2.45, 2.75) is 31.3 Å². The van der Waals surface area contributed by atoms with Gasteiger partial charge in [0.2, 0.25) is 17.7 Å². The minimum atomic E-state index is -1.25. The SMILES string of the molecule is COc1ccc(Cl)cc1N1C(=O)[C@@H]2[C@H]3CCCN3[C@]3(C(=O)Nc4c3ccc(Cl)c4C)[C@@H]2C1=O. The predicted octanol–water partition coefficient (Wildman–Crippen LogP) is 3.74. The van der Waals surface area contributed by atoms with Crippen molar-refractivity contribution in [1.29, 1.82) is 0 Å². The lowest BCUT2D eigenvalue weighted by atomic mass is 9.75. The molecule has 9 heteroatoms. The predicted molar refractivity (Wildman–Crippen MR) is 124 cm³/mol. The van der Waals surface area contributed by atoms with Crippen LogP contribution >= 0.6 is 23.2 Å². The van der Waals surface area contributed by atoms with Crippen molar-refractivity contribution in [3.05, 3.63) is 51.5 Å². The number of nitrogens with one attached hydrogen (secondary N) is 1. The number of fused-ring (bicyclic) bond motifs is 7. The first-order chi connectivity index (χ1) is 15.8. The van der Waals surface area contributed by atoms with Crippen LogP contribution < -0.4 is 15.0 Å². The third-order valence-electron chi connectivity index (χ3n) is 7.74. The van der Waals surface area contributed by atoms with Crippen molar-refractivity contribution in [3.8, 4) is 5.75 Å². The van der Waals surface area contributed by atoms with Crippen LogP contribution in [0.25, 0.3) is 0 Å². The number of hydrogen-bond donors (Lipinski definition) is 1. The van der Waals surface area contributed by atoms with E-state index in [2.05, 4.69) is 10.2 Å². The third kappa shape index (κ3) is 2.42. The van der Waals surface area contributed by atoms with Gasteiger partial charge >= 0.3 is 0 Å². The van der Waals surface area contributed by atoms with Crippen molar-refractivity contribution < 1.29 is 19.1 Å². The van der Waals surface area contributed by atoms with Gasteiger partial charge in [-0.05, 0) is 56.1 Å². The molecule has 3 saturated heterocycles. The minimum Gasteiger partial charge on any atom is -0.495 e. The molecule has 4 heterocycles. The molecule has 0 saturated carbocycles. The van der Waals surface area contributed by atoms with Crippen LogP contribution in [-0.2, 0) is 19.9 Å². The second kappa shape index (κ2) is 6.95. The molecule has 4 atom stereocenters. The summed E-state index contributed by atoms with van der Waals surface area (Å²) in [6.07, 6.45) is 1.60. The lowest BCUT2D eigenvalue weighted by Crippen LogP contribution is -2.54. The summed E-state index contributed by atoms with van der Waals surface area (Å²) in [7, 11) is 1.48. The van der Waals surface area contributed by atoms with Gasteiger partial charge in [-0.3, -0.25) is 19.3 Å². The van der Waals surface area contributed by atoms with Gasteiger partial charge in [-0.2, -0.15) is 0 Å². The van der Waals surface area contributed by atoms with Crippen LogP contribution in [0, 0.1) is 18.8 Å². The number of amides is 3. The molecule has 4 aliphatic rings. The molecule has 0 radical (unpaired) electrons. The van der Waals surface area contributed by atoms with E-state index in [1.807, 2.05) is 13.0 Å². The molecule has 1 N–H and O–H groups in total. The van der Waals surface area contributed by atoms with Crippen LogP contribution in [0.2, 0.25) is 10.0 Å². The summed E-state index contributed by atoms with van der Waals surface area (Å²) in [5.41, 5.74) is 1.17. The highest BCUT2D eigenvalue weighted by atomic mass is 35.5. The van der Waals surface area contributed by atoms with Crippen molar-refractivity contribution in [1.82, 2.24) is 4.90 Å². The van der Waals surface area contributed by atoms with Gasteiger partial charge in [0.1, 0.15) is 11.3 Å². The van der Waals surface area contributed by atoms with Crippen molar-refractivity contribution in [2.24, 2.45) is 11.8 Å². The minimum absolute atomic E-state index is 0.200. The first kappa shape index (κ1) is 21.0. The number of carbonyl (C=O) groups excluding carboxylic acids is 3. The fourth-order valence-electron chi connectivity index (χ4n) is 6.47. The number of anilines is 2. The first-order valence-electron chi connectivity index (χ1n) is 10.9. The zero-order valence-electron chi connectivity index (χ0n) is 18.0. The highest BCUT2D eigenvalue weighted by Gasteiger charge is 2.74. The molecule has 7 nitrogen and oxygen atoms in total. The van der Waals surface area contributed by atoms with Gasteiger partial charge in [-0.1, -0.05) is 29.3 Å². The fraction of sp³-hybridized carbons (Fsp3) is 0.375. The van der Waals surface area contributed by atoms with Gasteiger partial charge in [0.15, 0.2) is 0 Å². The normalized spacial score (nSPS) is 30.1. The molecule has 0 bridgehead atoms. The number of rotatable bonds is 2. The summed E-state index contributed by atoms with van der Waals surface area (Å²) < 4.78 is 5.43. The van der Waals surface area contributed by atoms with Crippen LogP contribution in [0.1, 0.15) is 24.0 Å². The van der Waals surface area contributed by atoms with E-state index < -0.39 is 23.3 Å². The van der Waals surface area contributed by atoms with Crippen LogP contribution in [0.3, 0.4) is 0 Å². The van der Waals surface area contributed by atoms with E-state index in [0.29, 0.717) is 33.7 Å². The molecule has 1 spiro atoms. The molecular weight excluding hydrogens is 465 g/mol. The number of imide groups is 1. The first-order valence-corrected chi connectivity index (χ1v) is 11.7. The number of halogens is 2. The topological polar surface area (TPSA) is 79.0 Å². The highest BCUT2D eigenvalue weighted by Crippen LogP contribution is 2.61. The van der Waals surface area contributed by atoms with E-state index in [1.54, 1.807) is 24.3 Å².